The molecular weight excluding hydrogens is 300 g/mol. The molecule has 0 saturated heterocycles. The second-order valence-corrected chi connectivity index (χ2v) is 4.29. The Labute approximate surface area is 123 Å². The normalized spacial score (nSPS) is 10.4. The smallest absolute Gasteiger partial charge is 0.354 e. The lowest BCUT2D eigenvalue weighted by Crippen LogP contribution is -2.34. The van der Waals surface area contributed by atoms with Gasteiger partial charge in [-0.15, -0.1) is 0 Å². The molecule has 1 rings (SSSR count). The molecule has 0 aliphatic carbocycles. The summed E-state index contributed by atoms with van der Waals surface area (Å²) >= 11 is 0. The second-order valence-electron chi connectivity index (χ2n) is 4.29. The molecule has 0 aliphatic heterocycles. The number of hydrogen-bond acceptors (Lipinski definition) is 6. The van der Waals surface area contributed by atoms with E-state index in [0.29, 0.717) is 0 Å². The van der Waals surface area contributed by atoms with Crippen LogP contribution in [0, 0.1) is 0 Å². The number of pyridine rings is 1. The monoisotopic (exact) mass is 312 g/mol. The number of aliphatic carboxylic acids is 2. The van der Waals surface area contributed by atoms with E-state index in [1.54, 1.807) is 0 Å². The van der Waals surface area contributed by atoms with E-state index in [0.717, 1.165) is 17.0 Å². The molecule has 10 nitrogen and oxygen atoms in total. The fourth-order valence-electron chi connectivity index (χ4n) is 1.71. The Bertz CT molecular complexity index is 579. The average molecular weight is 312 g/mol. The van der Waals surface area contributed by atoms with E-state index in [4.69, 9.17) is 20.4 Å². The third-order valence-electron chi connectivity index (χ3n) is 2.45. The predicted octanol–water partition coefficient (Wildman–Crippen LogP) is -0.551. The molecule has 0 aliphatic rings. The summed E-state index contributed by atoms with van der Waals surface area (Å²) < 4.78 is 0. The Morgan fingerprint density at radius 2 is 1.27 bits per heavy atom. The number of aromatic carboxylic acids is 2. The number of aromatic nitrogens is 1. The summed E-state index contributed by atoms with van der Waals surface area (Å²) in [4.78, 5) is 47.6. The quantitative estimate of drug-likeness (QED) is 0.489. The van der Waals surface area contributed by atoms with Gasteiger partial charge in [-0.2, -0.15) is 0 Å². The fraction of sp³-hybridized carbons (Fsp3) is 0.250. The summed E-state index contributed by atoms with van der Waals surface area (Å²) in [6, 6.07) is 2.12. The van der Waals surface area contributed by atoms with E-state index in [1.165, 1.54) is 0 Å². The molecule has 0 aromatic carbocycles. The van der Waals surface area contributed by atoms with Crippen molar-refractivity contribution in [3.8, 4) is 0 Å². The lowest BCUT2D eigenvalue weighted by Gasteiger charge is -2.18. The zero-order valence-electron chi connectivity index (χ0n) is 11.1. The number of carboxylic acid groups (broad SMARTS) is 4. The maximum atomic E-state index is 10.9. The standard InChI is InChI=1S/C12H12N2O8/c15-9(16)4-14(5-10(17)18)3-6-1-7(11(19)20)13-8(2-6)12(21)22/h1-2H,3-5H2,(H,15,16)(H,17,18)(H,19,20)(H,21,22). The molecule has 0 unspecified atom stereocenters. The van der Waals surface area contributed by atoms with Gasteiger partial charge < -0.3 is 20.4 Å². The fourth-order valence-corrected chi connectivity index (χ4v) is 1.71. The molecule has 1 heterocycles. The molecule has 10 heteroatoms. The summed E-state index contributed by atoms with van der Waals surface area (Å²) in [6.07, 6.45) is 0. The first-order valence-electron chi connectivity index (χ1n) is 5.82. The van der Waals surface area contributed by atoms with Crippen LogP contribution < -0.4 is 0 Å². The van der Waals surface area contributed by atoms with Crippen molar-refractivity contribution in [3.63, 3.8) is 0 Å². The van der Waals surface area contributed by atoms with Crippen LogP contribution in [0.1, 0.15) is 26.5 Å². The Morgan fingerprint density at radius 3 is 1.59 bits per heavy atom. The lowest BCUT2D eigenvalue weighted by molar-refractivity contribution is -0.142. The first kappa shape index (κ1) is 17.0. The first-order valence-corrected chi connectivity index (χ1v) is 5.82. The average Bonchev–Trinajstić information content (AvgIpc) is 2.36. The zero-order valence-corrected chi connectivity index (χ0v) is 11.1. The molecule has 0 radical (unpaired) electrons. The van der Waals surface area contributed by atoms with Crippen LogP contribution in [0.5, 0.6) is 0 Å². The van der Waals surface area contributed by atoms with Crippen molar-refractivity contribution in [2.75, 3.05) is 13.1 Å². The summed E-state index contributed by atoms with van der Waals surface area (Å²) in [7, 11) is 0. The van der Waals surface area contributed by atoms with Crippen LogP contribution in [-0.4, -0.2) is 67.3 Å². The highest BCUT2D eigenvalue weighted by molar-refractivity contribution is 5.90. The van der Waals surface area contributed by atoms with Crippen LogP contribution in [0.25, 0.3) is 0 Å². The maximum absolute atomic E-state index is 10.9. The number of rotatable bonds is 8. The van der Waals surface area contributed by atoms with Gasteiger partial charge in [-0.1, -0.05) is 0 Å². The third-order valence-corrected chi connectivity index (χ3v) is 2.45. The van der Waals surface area contributed by atoms with Gasteiger partial charge in [-0.3, -0.25) is 14.5 Å². The molecule has 0 spiro atoms. The van der Waals surface area contributed by atoms with Crippen molar-refractivity contribution in [1.29, 1.82) is 0 Å². The van der Waals surface area contributed by atoms with Crippen molar-refractivity contribution in [2.24, 2.45) is 0 Å². The van der Waals surface area contributed by atoms with Gasteiger partial charge in [-0.25, -0.2) is 14.6 Å². The third kappa shape index (κ3) is 5.17. The summed E-state index contributed by atoms with van der Waals surface area (Å²) in [5.74, 6) is -5.45. The van der Waals surface area contributed by atoms with Crippen LogP contribution in [0.3, 0.4) is 0 Å². The number of nitrogens with zero attached hydrogens (tertiary/aromatic N) is 2. The largest absolute Gasteiger partial charge is 0.480 e. The van der Waals surface area contributed by atoms with Crippen LogP contribution in [0.2, 0.25) is 0 Å². The molecule has 0 fully saturated rings. The summed E-state index contributed by atoms with van der Waals surface area (Å²) in [6.45, 7) is -1.44. The number of carboxylic acids is 4. The van der Waals surface area contributed by atoms with Gasteiger partial charge in [0, 0.05) is 6.54 Å². The van der Waals surface area contributed by atoms with E-state index in [-0.39, 0.29) is 12.1 Å². The summed E-state index contributed by atoms with van der Waals surface area (Å²) in [5, 5.41) is 35.2. The van der Waals surface area contributed by atoms with E-state index in [2.05, 4.69) is 4.98 Å². The predicted molar refractivity (Wildman–Crippen MR) is 68.7 cm³/mol. The van der Waals surface area contributed by atoms with E-state index >= 15 is 0 Å². The zero-order chi connectivity index (χ0) is 16.9. The highest BCUT2D eigenvalue weighted by atomic mass is 16.4. The summed E-state index contributed by atoms with van der Waals surface area (Å²) in [5.41, 5.74) is -0.923. The Kier molecular flexibility index (Phi) is 5.52. The minimum absolute atomic E-state index is 0.132. The van der Waals surface area contributed by atoms with Crippen LogP contribution >= 0.6 is 0 Å². The van der Waals surface area contributed by atoms with Crippen molar-refractivity contribution in [1.82, 2.24) is 9.88 Å². The van der Waals surface area contributed by atoms with Gasteiger partial charge in [0.05, 0.1) is 13.1 Å². The highest BCUT2D eigenvalue weighted by Gasteiger charge is 2.18. The van der Waals surface area contributed by atoms with Crippen molar-refractivity contribution < 1.29 is 39.6 Å². The van der Waals surface area contributed by atoms with Crippen molar-refractivity contribution in [3.05, 3.63) is 29.1 Å². The maximum Gasteiger partial charge on any atom is 0.354 e. The van der Waals surface area contributed by atoms with Crippen LogP contribution in [-0.2, 0) is 16.1 Å². The molecule has 22 heavy (non-hydrogen) atoms. The molecule has 0 atom stereocenters. The van der Waals surface area contributed by atoms with Crippen molar-refractivity contribution >= 4 is 23.9 Å². The van der Waals surface area contributed by atoms with Gasteiger partial charge in [0.25, 0.3) is 0 Å². The molecule has 0 amide bonds. The van der Waals surface area contributed by atoms with Crippen LogP contribution in [0.15, 0.2) is 12.1 Å². The molecule has 0 saturated carbocycles. The van der Waals surface area contributed by atoms with Gasteiger partial charge in [0.15, 0.2) is 0 Å². The van der Waals surface area contributed by atoms with E-state index in [1.807, 2.05) is 0 Å². The molecular formula is C12H12N2O8. The number of carbonyl (C=O) groups is 4. The van der Waals surface area contributed by atoms with Crippen molar-refractivity contribution in [2.45, 2.75) is 6.54 Å². The minimum atomic E-state index is -1.45. The molecule has 4 N–H and O–H groups in total. The lowest BCUT2D eigenvalue weighted by atomic mass is 10.1. The highest BCUT2D eigenvalue weighted by Crippen LogP contribution is 2.10. The minimum Gasteiger partial charge on any atom is -0.480 e. The van der Waals surface area contributed by atoms with Gasteiger partial charge in [-0.05, 0) is 17.7 Å². The molecule has 118 valence electrons. The van der Waals surface area contributed by atoms with E-state index in [9.17, 15) is 19.2 Å². The van der Waals surface area contributed by atoms with Crippen LogP contribution in [0.4, 0.5) is 0 Å². The van der Waals surface area contributed by atoms with Gasteiger partial charge >= 0.3 is 23.9 Å². The Balaban J connectivity index is 3.11. The Hall–Kier alpha value is -3.01. The topological polar surface area (TPSA) is 165 Å². The first-order chi connectivity index (χ1) is 10.2. The van der Waals surface area contributed by atoms with Gasteiger partial charge in [0.2, 0.25) is 0 Å². The second kappa shape index (κ2) is 7.13. The van der Waals surface area contributed by atoms with Gasteiger partial charge in [0.1, 0.15) is 11.4 Å². The molecule has 0 bridgehead atoms. The molecule has 1 aromatic heterocycles. The number of hydrogen-bond donors (Lipinski definition) is 4. The SMILES string of the molecule is O=C(O)CN(CC(=O)O)Cc1cc(C(=O)O)nc(C(=O)O)c1. The van der Waals surface area contributed by atoms with E-state index < -0.39 is 48.4 Å². The molecule has 1 aromatic rings. The Morgan fingerprint density at radius 1 is 0.864 bits per heavy atom.